The molecule has 3 N–H and O–H groups in total. The van der Waals surface area contributed by atoms with Gasteiger partial charge in [0.2, 0.25) is 5.91 Å². The maximum absolute atomic E-state index is 13.1. The molecule has 5 nitrogen and oxygen atoms in total. The predicted octanol–water partition coefficient (Wildman–Crippen LogP) is 5.42. The van der Waals surface area contributed by atoms with Gasteiger partial charge < -0.3 is 16.0 Å². The molecule has 0 aliphatic heterocycles. The summed E-state index contributed by atoms with van der Waals surface area (Å²) >= 11 is 1.41. The van der Waals surface area contributed by atoms with E-state index in [1.54, 1.807) is 6.07 Å². The van der Waals surface area contributed by atoms with Crippen LogP contribution in [0.4, 0.5) is 5.69 Å². The third kappa shape index (κ3) is 7.04. The highest BCUT2D eigenvalue weighted by Crippen LogP contribution is 2.23. The van der Waals surface area contributed by atoms with Crippen molar-refractivity contribution in [1.29, 1.82) is 0 Å². The molecule has 3 rings (SSSR count). The van der Waals surface area contributed by atoms with E-state index >= 15 is 0 Å². The second-order valence-corrected chi connectivity index (χ2v) is 10.1. The van der Waals surface area contributed by atoms with E-state index in [-0.39, 0.29) is 17.2 Å². The average Bonchev–Trinajstić information content (AvgIpc) is 3.29. The number of amides is 2. The van der Waals surface area contributed by atoms with Gasteiger partial charge in [0.05, 0.1) is 4.88 Å². The summed E-state index contributed by atoms with van der Waals surface area (Å²) in [5.41, 5.74) is 9.55. The van der Waals surface area contributed by atoms with E-state index in [4.69, 9.17) is 5.73 Å². The molecule has 0 aliphatic rings. The molecule has 0 aliphatic carbocycles. The van der Waals surface area contributed by atoms with Gasteiger partial charge >= 0.3 is 0 Å². The number of carbonyl (C=O) groups is 2. The van der Waals surface area contributed by atoms with Crippen molar-refractivity contribution in [3.8, 4) is 0 Å². The van der Waals surface area contributed by atoms with Gasteiger partial charge in [0.1, 0.15) is 0 Å². The molecule has 0 saturated carbocycles. The van der Waals surface area contributed by atoms with E-state index in [9.17, 15) is 9.59 Å². The van der Waals surface area contributed by atoms with Crippen molar-refractivity contribution < 1.29 is 9.59 Å². The van der Waals surface area contributed by atoms with Gasteiger partial charge in [0.25, 0.3) is 5.91 Å². The van der Waals surface area contributed by atoms with Gasteiger partial charge in [0, 0.05) is 31.7 Å². The lowest BCUT2D eigenvalue weighted by Gasteiger charge is -2.27. The van der Waals surface area contributed by atoms with Crippen molar-refractivity contribution in [3.05, 3.63) is 87.6 Å². The Bertz CT molecular complexity index is 1040. The van der Waals surface area contributed by atoms with Gasteiger partial charge in [-0.2, -0.15) is 0 Å². The highest BCUT2D eigenvalue weighted by Gasteiger charge is 2.22. The quantitative estimate of drug-likeness (QED) is 0.482. The predicted molar refractivity (Wildman–Crippen MR) is 131 cm³/mol. The Labute approximate surface area is 194 Å². The smallest absolute Gasteiger partial charge is 0.265 e. The fraction of sp³-hybridized carbons (Fsp3) is 0.308. The van der Waals surface area contributed by atoms with E-state index in [2.05, 4.69) is 32.2 Å². The van der Waals surface area contributed by atoms with Crippen LogP contribution in [0.3, 0.4) is 0 Å². The highest BCUT2D eigenvalue weighted by atomic mass is 32.1. The third-order valence-electron chi connectivity index (χ3n) is 4.96. The zero-order valence-electron chi connectivity index (χ0n) is 18.9. The van der Waals surface area contributed by atoms with Gasteiger partial charge in [-0.25, -0.2) is 0 Å². The fourth-order valence-electron chi connectivity index (χ4n) is 3.39. The van der Waals surface area contributed by atoms with E-state index in [0.717, 1.165) is 22.4 Å². The Morgan fingerprint density at radius 2 is 1.62 bits per heavy atom. The molecule has 3 aromatic rings. The van der Waals surface area contributed by atoms with Crippen molar-refractivity contribution in [3.63, 3.8) is 0 Å². The van der Waals surface area contributed by atoms with Crippen LogP contribution in [0.25, 0.3) is 0 Å². The van der Waals surface area contributed by atoms with Gasteiger partial charge in [-0.1, -0.05) is 63.2 Å². The maximum atomic E-state index is 13.1. The molecule has 0 fully saturated rings. The maximum Gasteiger partial charge on any atom is 0.265 e. The number of hydrogen-bond donors (Lipinski definition) is 2. The Balaban J connectivity index is 1.73. The first-order valence-corrected chi connectivity index (χ1v) is 11.6. The van der Waals surface area contributed by atoms with Crippen LogP contribution in [0.1, 0.15) is 53.6 Å². The minimum absolute atomic E-state index is 0.0929. The Morgan fingerprint density at radius 3 is 2.25 bits per heavy atom. The molecule has 0 radical (unpaired) electrons. The van der Waals surface area contributed by atoms with Gasteiger partial charge in [0.15, 0.2) is 0 Å². The lowest BCUT2D eigenvalue weighted by Crippen LogP contribution is -2.32. The van der Waals surface area contributed by atoms with Crippen LogP contribution in [-0.2, 0) is 24.4 Å². The van der Waals surface area contributed by atoms with Crippen LogP contribution in [-0.4, -0.2) is 16.7 Å². The summed E-state index contributed by atoms with van der Waals surface area (Å²) < 4.78 is 0. The van der Waals surface area contributed by atoms with Gasteiger partial charge in [-0.05, 0) is 45.7 Å². The number of nitrogens with one attached hydrogen (secondary N) is 1. The first-order valence-electron chi connectivity index (χ1n) is 10.7. The summed E-state index contributed by atoms with van der Waals surface area (Å²) in [4.78, 5) is 27.9. The molecule has 1 aromatic heterocycles. The van der Waals surface area contributed by atoms with Crippen LogP contribution >= 0.6 is 11.3 Å². The molecule has 0 saturated heterocycles. The van der Waals surface area contributed by atoms with Gasteiger partial charge in [-0.15, -0.1) is 11.3 Å². The lowest BCUT2D eigenvalue weighted by atomic mass is 9.91. The zero-order chi connectivity index (χ0) is 23.1. The second-order valence-electron chi connectivity index (χ2n) is 9.14. The Kier molecular flexibility index (Phi) is 7.83. The van der Waals surface area contributed by atoms with E-state index in [1.807, 2.05) is 58.8 Å². The SMILES string of the molecule is CC(C)(C)CC(=O)N(Cc1ccc(NC(=O)c2cccs2)cc1)Cc1cccc(CN)c1. The van der Waals surface area contributed by atoms with Crippen LogP contribution < -0.4 is 11.1 Å². The summed E-state index contributed by atoms with van der Waals surface area (Å²) in [6.45, 7) is 7.72. The summed E-state index contributed by atoms with van der Waals surface area (Å²) in [5.74, 6) is 0.000225. The summed E-state index contributed by atoms with van der Waals surface area (Å²) in [7, 11) is 0. The molecule has 6 heteroatoms. The normalized spacial score (nSPS) is 11.2. The van der Waals surface area contributed by atoms with Crippen molar-refractivity contribution in [2.45, 2.75) is 46.8 Å². The minimum atomic E-state index is -0.116. The average molecular weight is 450 g/mol. The molecule has 0 bridgehead atoms. The first-order chi connectivity index (χ1) is 15.2. The molecule has 1 heterocycles. The van der Waals surface area contributed by atoms with Crippen LogP contribution in [0.2, 0.25) is 0 Å². The van der Waals surface area contributed by atoms with Crippen LogP contribution in [0, 0.1) is 5.41 Å². The van der Waals surface area contributed by atoms with E-state index in [0.29, 0.717) is 30.9 Å². The van der Waals surface area contributed by atoms with Gasteiger partial charge in [-0.3, -0.25) is 9.59 Å². The number of carbonyl (C=O) groups excluding carboxylic acids is 2. The summed E-state index contributed by atoms with van der Waals surface area (Å²) in [6, 6.07) is 19.4. The molecule has 32 heavy (non-hydrogen) atoms. The minimum Gasteiger partial charge on any atom is -0.334 e. The molecule has 0 unspecified atom stereocenters. The molecule has 168 valence electrons. The standard InChI is InChI=1S/C26H31N3O2S/c1-26(2,3)15-24(30)29(18-21-7-4-6-20(14-21)16-27)17-19-9-11-22(12-10-19)28-25(31)23-8-5-13-32-23/h4-14H,15-18,27H2,1-3H3,(H,28,31). The Morgan fingerprint density at radius 1 is 0.938 bits per heavy atom. The van der Waals surface area contributed by atoms with Crippen molar-refractivity contribution in [1.82, 2.24) is 4.90 Å². The molecule has 2 amide bonds. The number of benzene rings is 2. The number of nitrogens with two attached hydrogens (primary N) is 1. The molecule has 0 spiro atoms. The topological polar surface area (TPSA) is 75.4 Å². The summed E-state index contributed by atoms with van der Waals surface area (Å²) in [5, 5.41) is 4.79. The number of nitrogens with zero attached hydrogens (tertiary/aromatic N) is 1. The Hall–Kier alpha value is -2.96. The van der Waals surface area contributed by atoms with Crippen molar-refractivity contribution in [2.24, 2.45) is 11.1 Å². The molecular formula is C26H31N3O2S. The van der Waals surface area contributed by atoms with Crippen LogP contribution in [0.15, 0.2) is 66.0 Å². The first kappa shape index (κ1) is 23.7. The fourth-order valence-corrected chi connectivity index (χ4v) is 4.01. The number of rotatable bonds is 8. The number of hydrogen-bond acceptors (Lipinski definition) is 4. The zero-order valence-corrected chi connectivity index (χ0v) is 19.7. The van der Waals surface area contributed by atoms with Crippen molar-refractivity contribution >= 4 is 28.8 Å². The highest BCUT2D eigenvalue weighted by molar-refractivity contribution is 7.12. The third-order valence-corrected chi connectivity index (χ3v) is 5.83. The van der Waals surface area contributed by atoms with Crippen molar-refractivity contribution in [2.75, 3.05) is 5.32 Å². The molecule has 0 atom stereocenters. The summed E-state index contributed by atoms with van der Waals surface area (Å²) in [6.07, 6.45) is 0.471. The monoisotopic (exact) mass is 449 g/mol. The second kappa shape index (κ2) is 10.6. The van der Waals surface area contributed by atoms with E-state index in [1.165, 1.54) is 11.3 Å². The molecule has 2 aromatic carbocycles. The number of anilines is 1. The largest absolute Gasteiger partial charge is 0.334 e. The number of thiophene rings is 1. The molecular weight excluding hydrogens is 418 g/mol. The van der Waals surface area contributed by atoms with E-state index < -0.39 is 0 Å². The lowest BCUT2D eigenvalue weighted by molar-refractivity contribution is -0.134. The van der Waals surface area contributed by atoms with Crippen LogP contribution in [0.5, 0.6) is 0 Å².